The molecule has 2 aromatic rings. The highest BCUT2D eigenvalue weighted by Gasteiger charge is 2.18. The molecule has 0 aliphatic carbocycles. The first-order valence-electron chi connectivity index (χ1n) is 5.43. The van der Waals surface area contributed by atoms with E-state index < -0.39 is 5.97 Å². The molecule has 6 heteroatoms. The Labute approximate surface area is 102 Å². The van der Waals surface area contributed by atoms with Crippen molar-refractivity contribution in [3.63, 3.8) is 0 Å². The molecule has 0 aliphatic heterocycles. The number of esters is 1. The maximum atomic E-state index is 11.7. The summed E-state index contributed by atoms with van der Waals surface area (Å²) in [6.07, 6.45) is 1.25. The Balaban J connectivity index is 2.77. The van der Waals surface area contributed by atoms with Gasteiger partial charge in [-0.25, -0.2) is 9.78 Å². The fourth-order valence-corrected chi connectivity index (χ4v) is 1.73. The minimum atomic E-state index is -0.664. The number of aromatic hydroxyl groups is 1. The molecule has 1 aromatic heterocycles. The van der Waals surface area contributed by atoms with E-state index >= 15 is 0 Å². The van der Waals surface area contributed by atoms with Gasteiger partial charge in [0, 0.05) is 5.56 Å². The van der Waals surface area contributed by atoms with Crippen LogP contribution in [0.2, 0.25) is 0 Å². The summed E-state index contributed by atoms with van der Waals surface area (Å²) in [5.41, 5.74) is 0.347. The average molecular weight is 248 g/mol. The number of aryl methyl sites for hydroxylation is 1. The van der Waals surface area contributed by atoms with Gasteiger partial charge in [-0.3, -0.25) is 4.79 Å². The van der Waals surface area contributed by atoms with Gasteiger partial charge in [-0.2, -0.15) is 0 Å². The SMILES string of the molecule is CCOC(=O)c1cc2c(=O)[nH]cnc2c(C)c1O. The molecule has 0 aliphatic rings. The van der Waals surface area contributed by atoms with Gasteiger partial charge in [-0.15, -0.1) is 0 Å². The van der Waals surface area contributed by atoms with E-state index in [9.17, 15) is 14.7 Å². The number of carbonyl (C=O) groups is 1. The summed E-state index contributed by atoms with van der Waals surface area (Å²) in [6, 6.07) is 1.29. The third-order valence-corrected chi connectivity index (χ3v) is 2.64. The van der Waals surface area contributed by atoms with Gasteiger partial charge < -0.3 is 14.8 Å². The summed E-state index contributed by atoms with van der Waals surface area (Å²) in [7, 11) is 0. The second-order valence-electron chi connectivity index (χ2n) is 3.75. The number of ether oxygens (including phenoxy) is 1. The number of hydrogen-bond acceptors (Lipinski definition) is 5. The lowest BCUT2D eigenvalue weighted by Gasteiger charge is -2.08. The minimum absolute atomic E-state index is 0.0275. The van der Waals surface area contributed by atoms with Crippen LogP contribution < -0.4 is 5.56 Å². The van der Waals surface area contributed by atoms with Crippen LogP contribution in [0.3, 0.4) is 0 Å². The van der Waals surface area contributed by atoms with Crippen LogP contribution in [0.1, 0.15) is 22.8 Å². The van der Waals surface area contributed by atoms with E-state index in [1.165, 1.54) is 12.4 Å². The second-order valence-corrected chi connectivity index (χ2v) is 3.75. The molecule has 0 unspecified atom stereocenters. The maximum absolute atomic E-state index is 11.7. The normalized spacial score (nSPS) is 10.6. The number of benzene rings is 1. The van der Waals surface area contributed by atoms with Crippen LogP contribution in [0.15, 0.2) is 17.2 Å². The Bertz CT molecular complexity index is 676. The van der Waals surface area contributed by atoms with Crippen molar-refractivity contribution < 1.29 is 14.6 Å². The first-order valence-corrected chi connectivity index (χ1v) is 5.43. The van der Waals surface area contributed by atoms with E-state index in [2.05, 4.69) is 9.97 Å². The summed E-state index contributed by atoms with van der Waals surface area (Å²) >= 11 is 0. The van der Waals surface area contributed by atoms with Gasteiger partial charge in [-0.1, -0.05) is 0 Å². The molecule has 1 aromatic carbocycles. The molecule has 0 atom stereocenters. The zero-order valence-corrected chi connectivity index (χ0v) is 9.98. The number of phenolic OH excluding ortho intramolecular Hbond substituents is 1. The Kier molecular flexibility index (Phi) is 3.01. The van der Waals surface area contributed by atoms with E-state index in [1.54, 1.807) is 13.8 Å². The Morgan fingerprint density at radius 3 is 2.94 bits per heavy atom. The van der Waals surface area contributed by atoms with Gasteiger partial charge in [0.2, 0.25) is 0 Å². The molecule has 6 nitrogen and oxygen atoms in total. The van der Waals surface area contributed by atoms with Gasteiger partial charge >= 0.3 is 5.97 Å². The Morgan fingerprint density at radius 1 is 1.56 bits per heavy atom. The maximum Gasteiger partial charge on any atom is 0.341 e. The molecule has 0 bridgehead atoms. The van der Waals surface area contributed by atoms with E-state index in [4.69, 9.17) is 4.74 Å². The number of aromatic amines is 1. The van der Waals surface area contributed by atoms with Crippen LogP contribution in [0.4, 0.5) is 0 Å². The van der Waals surface area contributed by atoms with Gasteiger partial charge in [0.05, 0.1) is 23.8 Å². The molecule has 0 fully saturated rings. The third-order valence-electron chi connectivity index (χ3n) is 2.64. The number of hydrogen-bond donors (Lipinski definition) is 2. The molecule has 0 amide bonds. The molecule has 94 valence electrons. The third kappa shape index (κ3) is 1.81. The average Bonchev–Trinajstić information content (AvgIpc) is 2.34. The zero-order valence-electron chi connectivity index (χ0n) is 9.98. The summed E-state index contributed by atoms with van der Waals surface area (Å²) in [5.74, 6) is -0.873. The second kappa shape index (κ2) is 4.48. The predicted octanol–water partition coefficient (Wildman–Crippen LogP) is 1.11. The van der Waals surface area contributed by atoms with Crippen LogP contribution in [0, 0.1) is 6.92 Å². The number of nitrogens with zero attached hydrogens (tertiary/aromatic N) is 1. The van der Waals surface area contributed by atoms with Crippen molar-refractivity contribution in [2.24, 2.45) is 0 Å². The van der Waals surface area contributed by atoms with Crippen molar-refractivity contribution in [1.29, 1.82) is 0 Å². The fraction of sp³-hybridized carbons (Fsp3) is 0.250. The minimum Gasteiger partial charge on any atom is -0.507 e. The lowest BCUT2D eigenvalue weighted by Crippen LogP contribution is -2.11. The standard InChI is InChI=1S/C12H12N2O4/c1-3-18-12(17)8-4-7-9(6(2)10(8)15)13-5-14-11(7)16/h4-5,15H,3H2,1-2H3,(H,13,14,16). The van der Waals surface area contributed by atoms with E-state index in [0.717, 1.165) is 0 Å². The van der Waals surface area contributed by atoms with Crippen LogP contribution in [-0.4, -0.2) is 27.7 Å². The van der Waals surface area contributed by atoms with Crippen molar-refractivity contribution in [2.75, 3.05) is 6.61 Å². The Morgan fingerprint density at radius 2 is 2.28 bits per heavy atom. The van der Waals surface area contributed by atoms with Crippen molar-refractivity contribution >= 4 is 16.9 Å². The van der Waals surface area contributed by atoms with Gasteiger partial charge in [0.25, 0.3) is 5.56 Å². The molecule has 0 radical (unpaired) electrons. The highest BCUT2D eigenvalue weighted by atomic mass is 16.5. The van der Waals surface area contributed by atoms with Gasteiger partial charge in [-0.05, 0) is 19.9 Å². The number of fused-ring (bicyclic) bond motifs is 1. The van der Waals surface area contributed by atoms with Crippen LogP contribution in [0.5, 0.6) is 5.75 Å². The summed E-state index contributed by atoms with van der Waals surface area (Å²) in [6.45, 7) is 3.45. The Hall–Kier alpha value is -2.37. The van der Waals surface area contributed by atoms with E-state index in [-0.39, 0.29) is 28.9 Å². The first kappa shape index (κ1) is 12.1. The smallest absolute Gasteiger partial charge is 0.341 e. The number of carbonyl (C=O) groups excluding carboxylic acids is 1. The van der Waals surface area contributed by atoms with Crippen LogP contribution in [-0.2, 0) is 4.74 Å². The quantitative estimate of drug-likeness (QED) is 0.777. The summed E-state index contributed by atoms with van der Waals surface area (Å²) in [5, 5.41) is 10.2. The number of rotatable bonds is 2. The lowest BCUT2D eigenvalue weighted by atomic mass is 10.1. The molecular weight excluding hydrogens is 236 g/mol. The molecule has 18 heavy (non-hydrogen) atoms. The van der Waals surface area contributed by atoms with Crippen molar-refractivity contribution in [3.05, 3.63) is 33.9 Å². The monoisotopic (exact) mass is 248 g/mol. The summed E-state index contributed by atoms with van der Waals surface area (Å²) in [4.78, 5) is 29.7. The molecule has 1 heterocycles. The lowest BCUT2D eigenvalue weighted by molar-refractivity contribution is 0.0523. The molecule has 2 N–H and O–H groups in total. The van der Waals surface area contributed by atoms with Crippen molar-refractivity contribution in [2.45, 2.75) is 13.8 Å². The molecule has 0 spiro atoms. The molecule has 0 saturated heterocycles. The van der Waals surface area contributed by atoms with Crippen LogP contribution in [0.25, 0.3) is 10.9 Å². The van der Waals surface area contributed by atoms with E-state index in [1.807, 2.05) is 0 Å². The summed E-state index contributed by atoms with van der Waals surface area (Å²) < 4.78 is 4.82. The highest BCUT2D eigenvalue weighted by molar-refractivity contribution is 5.99. The van der Waals surface area contributed by atoms with Crippen molar-refractivity contribution in [3.8, 4) is 5.75 Å². The highest BCUT2D eigenvalue weighted by Crippen LogP contribution is 2.28. The molecular formula is C12H12N2O4. The zero-order chi connectivity index (χ0) is 13.3. The number of phenols is 1. The van der Waals surface area contributed by atoms with Crippen molar-refractivity contribution in [1.82, 2.24) is 9.97 Å². The molecule has 2 rings (SSSR count). The predicted molar refractivity (Wildman–Crippen MR) is 64.7 cm³/mol. The van der Waals surface area contributed by atoms with E-state index in [0.29, 0.717) is 11.1 Å². The first-order chi connectivity index (χ1) is 8.56. The molecule has 0 saturated carbocycles. The van der Waals surface area contributed by atoms with Crippen LogP contribution >= 0.6 is 0 Å². The largest absolute Gasteiger partial charge is 0.507 e. The van der Waals surface area contributed by atoms with Gasteiger partial charge in [0.15, 0.2) is 0 Å². The topological polar surface area (TPSA) is 92.3 Å². The number of H-pyrrole nitrogens is 1. The fourth-order valence-electron chi connectivity index (χ4n) is 1.73. The number of aromatic nitrogens is 2. The van der Waals surface area contributed by atoms with Gasteiger partial charge in [0.1, 0.15) is 11.3 Å². The number of nitrogens with one attached hydrogen (secondary N) is 1.